The third kappa shape index (κ3) is 2.71. The number of benzene rings is 1. The number of nitrogens with zero attached hydrogens (tertiary/aromatic N) is 1. The van der Waals surface area contributed by atoms with Gasteiger partial charge in [0.15, 0.2) is 0 Å². The third-order valence-corrected chi connectivity index (χ3v) is 4.30. The highest BCUT2D eigenvalue weighted by Gasteiger charge is 2.33. The summed E-state index contributed by atoms with van der Waals surface area (Å²) in [5.74, 6) is 0. The minimum atomic E-state index is 0.0546. The lowest BCUT2D eigenvalue weighted by Gasteiger charge is -2.33. The maximum atomic E-state index is 6.12. The van der Waals surface area contributed by atoms with Gasteiger partial charge in [-0.05, 0) is 57.2 Å². The lowest BCUT2D eigenvalue weighted by molar-refractivity contribution is -0.0116. The van der Waals surface area contributed by atoms with E-state index in [2.05, 4.69) is 30.9 Å². The first-order chi connectivity index (χ1) is 9.03. The van der Waals surface area contributed by atoms with Crippen LogP contribution in [0.15, 0.2) is 18.2 Å². The van der Waals surface area contributed by atoms with Crippen LogP contribution in [0.4, 0.5) is 11.4 Å². The topological polar surface area (TPSA) is 38.5 Å². The minimum Gasteiger partial charge on any atom is -0.399 e. The molecule has 1 aromatic rings. The molecule has 0 aliphatic carbocycles. The van der Waals surface area contributed by atoms with Crippen LogP contribution in [0.5, 0.6) is 0 Å². The van der Waals surface area contributed by atoms with Gasteiger partial charge in [0.05, 0.1) is 11.7 Å². The van der Waals surface area contributed by atoms with E-state index in [1.54, 1.807) is 0 Å². The lowest BCUT2D eigenvalue weighted by Crippen LogP contribution is -2.37. The Morgan fingerprint density at radius 1 is 1.42 bits per heavy atom. The Labute approximate surface area is 115 Å². The number of anilines is 2. The van der Waals surface area contributed by atoms with Crippen LogP contribution in [0.1, 0.15) is 38.7 Å². The summed E-state index contributed by atoms with van der Waals surface area (Å²) >= 11 is 0. The first-order valence-electron chi connectivity index (χ1n) is 7.35. The molecule has 1 fully saturated rings. The summed E-state index contributed by atoms with van der Waals surface area (Å²) in [6.07, 6.45) is 5.09. The number of nitrogen functional groups attached to an aromatic ring is 1. The number of nitrogens with two attached hydrogens (primary N) is 1. The SMILES string of the molecule is CC1(C)CCC(CN2CCCc3ccc(N)cc32)O1. The number of fused-ring (bicyclic) bond motifs is 1. The van der Waals surface area contributed by atoms with Crippen LogP contribution in [0.3, 0.4) is 0 Å². The second-order valence-corrected chi connectivity index (χ2v) is 6.48. The molecule has 0 aromatic heterocycles. The van der Waals surface area contributed by atoms with Crippen LogP contribution in [-0.4, -0.2) is 24.8 Å². The van der Waals surface area contributed by atoms with Gasteiger partial charge in [-0.15, -0.1) is 0 Å². The van der Waals surface area contributed by atoms with Crippen molar-refractivity contribution in [3.63, 3.8) is 0 Å². The van der Waals surface area contributed by atoms with Crippen molar-refractivity contribution in [1.29, 1.82) is 0 Å². The summed E-state index contributed by atoms with van der Waals surface area (Å²) in [5.41, 5.74) is 9.60. The Hall–Kier alpha value is -1.22. The molecule has 2 N–H and O–H groups in total. The summed E-state index contributed by atoms with van der Waals surface area (Å²) in [6, 6.07) is 6.31. The fourth-order valence-corrected chi connectivity index (χ4v) is 3.31. The first-order valence-corrected chi connectivity index (χ1v) is 7.35. The molecule has 104 valence electrons. The predicted octanol–water partition coefficient (Wildman–Crippen LogP) is 2.98. The largest absolute Gasteiger partial charge is 0.399 e. The highest BCUT2D eigenvalue weighted by molar-refractivity contribution is 5.62. The van der Waals surface area contributed by atoms with Crippen LogP contribution >= 0.6 is 0 Å². The molecule has 1 unspecified atom stereocenters. The second kappa shape index (κ2) is 4.71. The van der Waals surface area contributed by atoms with E-state index in [0.717, 1.165) is 25.2 Å². The summed E-state index contributed by atoms with van der Waals surface area (Å²) in [4.78, 5) is 2.46. The summed E-state index contributed by atoms with van der Waals surface area (Å²) in [7, 11) is 0. The monoisotopic (exact) mass is 260 g/mol. The average Bonchev–Trinajstić information content (AvgIpc) is 2.69. The highest BCUT2D eigenvalue weighted by Crippen LogP contribution is 2.33. The standard InChI is InChI=1S/C16H24N2O/c1-16(2)8-7-14(19-16)11-18-9-3-4-12-5-6-13(17)10-15(12)18/h5-6,10,14H,3-4,7-9,11,17H2,1-2H3. The van der Waals surface area contributed by atoms with Crippen molar-refractivity contribution in [2.75, 3.05) is 23.7 Å². The van der Waals surface area contributed by atoms with Gasteiger partial charge in [-0.3, -0.25) is 0 Å². The van der Waals surface area contributed by atoms with E-state index in [-0.39, 0.29) is 5.60 Å². The van der Waals surface area contributed by atoms with Gasteiger partial charge in [0.25, 0.3) is 0 Å². The summed E-state index contributed by atoms with van der Waals surface area (Å²) < 4.78 is 6.12. The first kappa shape index (κ1) is 12.8. The maximum Gasteiger partial charge on any atom is 0.0758 e. The van der Waals surface area contributed by atoms with Crippen molar-refractivity contribution in [3.8, 4) is 0 Å². The van der Waals surface area contributed by atoms with Crippen molar-refractivity contribution < 1.29 is 4.74 Å². The van der Waals surface area contributed by atoms with E-state index in [9.17, 15) is 0 Å². The molecule has 0 bridgehead atoms. The Bertz CT molecular complexity index is 470. The molecule has 0 spiro atoms. The van der Waals surface area contributed by atoms with Gasteiger partial charge in [-0.2, -0.15) is 0 Å². The van der Waals surface area contributed by atoms with E-state index in [1.807, 2.05) is 6.07 Å². The lowest BCUT2D eigenvalue weighted by atomic mass is 10.0. The van der Waals surface area contributed by atoms with E-state index in [1.165, 1.54) is 30.5 Å². The number of ether oxygens (including phenoxy) is 1. The molecular weight excluding hydrogens is 236 g/mol. The number of aryl methyl sites for hydroxylation is 1. The molecule has 2 aliphatic rings. The molecule has 19 heavy (non-hydrogen) atoms. The van der Waals surface area contributed by atoms with E-state index in [0.29, 0.717) is 6.10 Å². The number of hydrogen-bond acceptors (Lipinski definition) is 3. The zero-order chi connectivity index (χ0) is 13.5. The Balaban J connectivity index is 1.75. The molecule has 3 rings (SSSR count). The molecule has 1 saturated heterocycles. The highest BCUT2D eigenvalue weighted by atomic mass is 16.5. The summed E-state index contributed by atoms with van der Waals surface area (Å²) in [5, 5.41) is 0. The Morgan fingerprint density at radius 2 is 2.26 bits per heavy atom. The van der Waals surface area contributed by atoms with Crippen LogP contribution < -0.4 is 10.6 Å². The second-order valence-electron chi connectivity index (χ2n) is 6.48. The third-order valence-electron chi connectivity index (χ3n) is 4.30. The van der Waals surface area contributed by atoms with Crippen LogP contribution in [0.25, 0.3) is 0 Å². The summed E-state index contributed by atoms with van der Waals surface area (Å²) in [6.45, 7) is 6.50. The van der Waals surface area contributed by atoms with Gasteiger partial charge in [0.1, 0.15) is 0 Å². The van der Waals surface area contributed by atoms with Crippen LogP contribution in [-0.2, 0) is 11.2 Å². The zero-order valence-electron chi connectivity index (χ0n) is 12.0. The molecule has 2 heterocycles. The molecule has 0 radical (unpaired) electrons. The van der Waals surface area contributed by atoms with Gasteiger partial charge in [-0.25, -0.2) is 0 Å². The fraction of sp³-hybridized carbons (Fsp3) is 0.625. The van der Waals surface area contributed by atoms with Gasteiger partial charge >= 0.3 is 0 Å². The molecule has 0 saturated carbocycles. The van der Waals surface area contributed by atoms with Gasteiger partial charge in [0, 0.05) is 24.5 Å². The van der Waals surface area contributed by atoms with Gasteiger partial charge < -0.3 is 15.4 Å². The predicted molar refractivity (Wildman–Crippen MR) is 79.6 cm³/mol. The number of rotatable bonds is 2. The van der Waals surface area contributed by atoms with Crippen molar-refractivity contribution in [2.45, 2.75) is 51.2 Å². The van der Waals surface area contributed by atoms with Crippen molar-refractivity contribution in [2.24, 2.45) is 0 Å². The Morgan fingerprint density at radius 3 is 3.00 bits per heavy atom. The van der Waals surface area contributed by atoms with E-state index < -0.39 is 0 Å². The van der Waals surface area contributed by atoms with E-state index >= 15 is 0 Å². The van der Waals surface area contributed by atoms with E-state index in [4.69, 9.17) is 10.5 Å². The zero-order valence-corrected chi connectivity index (χ0v) is 12.0. The van der Waals surface area contributed by atoms with Gasteiger partial charge in [-0.1, -0.05) is 6.07 Å². The molecule has 3 nitrogen and oxygen atoms in total. The molecule has 2 aliphatic heterocycles. The van der Waals surface area contributed by atoms with Crippen LogP contribution in [0.2, 0.25) is 0 Å². The molecule has 1 atom stereocenters. The van der Waals surface area contributed by atoms with Crippen molar-refractivity contribution >= 4 is 11.4 Å². The minimum absolute atomic E-state index is 0.0546. The molecular formula is C16H24N2O. The fourth-order valence-electron chi connectivity index (χ4n) is 3.31. The van der Waals surface area contributed by atoms with Gasteiger partial charge in [0.2, 0.25) is 0 Å². The molecule has 3 heteroatoms. The smallest absolute Gasteiger partial charge is 0.0758 e. The van der Waals surface area contributed by atoms with Crippen molar-refractivity contribution in [1.82, 2.24) is 0 Å². The quantitative estimate of drug-likeness (QED) is 0.831. The van der Waals surface area contributed by atoms with Crippen molar-refractivity contribution in [3.05, 3.63) is 23.8 Å². The van der Waals surface area contributed by atoms with Crippen LogP contribution in [0, 0.1) is 0 Å². The number of hydrogen-bond donors (Lipinski definition) is 1. The maximum absolute atomic E-state index is 6.12. The molecule has 1 aromatic carbocycles. The average molecular weight is 260 g/mol. The Kier molecular flexibility index (Phi) is 3.17. The molecule has 0 amide bonds. The normalized spacial score (nSPS) is 25.4.